The van der Waals surface area contributed by atoms with Crippen LogP contribution >= 0.6 is 0 Å². The predicted molar refractivity (Wildman–Crippen MR) is 87.3 cm³/mol. The van der Waals surface area contributed by atoms with Crippen LogP contribution in [0, 0.1) is 5.92 Å². The lowest BCUT2D eigenvalue weighted by molar-refractivity contribution is 0.0979. The zero-order valence-electron chi connectivity index (χ0n) is 14.3. The van der Waals surface area contributed by atoms with Crippen LogP contribution in [0.2, 0.25) is 0 Å². The SMILES string of the molecule is CCn1cc(C(=O)NS(=O)(=O)[C@H](C)CC(C)C)c(C(C)C)n1. The summed E-state index contributed by atoms with van der Waals surface area (Å²) in [6, 6.07) is 0. The van der Waals surface area contributed by atoms with Gasteiger partial charge in [-0.3, -0.25) is 9.48 Å². The van der Waals surface area contributed by atoms with Gasteiger partial charge in [0, 0.05) is 12.7 Å². The van der Waals surface area contributed by atoms with Crippen molar-refractivity contribution < 1.29 is 13.2 Å². The molecule has 1 rings (SSSR count). The third kappa shape index (κ3) is 4.56. The van der Waals surface area contributed by atoms with Crippen LogP contribution < -0.4 is 4.72 Å². The van der Waals surface area contributed by atoms with E-state index in [0.717, 1.165) is 0 Å². The molecule has 0 saturated carbocycles. The summed E-state index contributed by atoms with van der Waals surface area (Å²) in [6.45, 7) is 11.9. The van der Waals surface area contributed by atoms with E-state index < -0.39 is 21.2 Å². The minimum absolute atomic E-state index is 0.0457. The van der Waals surface area contributed by atoms with E-state index in [4.69, 9.17) is 0 Å². The Balaban J connectivity index is 3.00. The van der Waals surface area contributed by atoms with Gasteiger partial charge in [0.25, 0.3) is 5.91 Å². The maximum atomic E-state index is 12.4. The Bertz CT molecular complexity index is 618. The molecule has 0 spiro atoms. The zero-order chi connectivity index (χ0) is 17.1. The Labute approximate surface area is 133 Å². The number of rotatable bonds is 7. The average Bonchev–Trinajstić information content (AvgIpc) is 2.81. The Morgan fingerprint density at radius 3 is 2.32 bits per heavy atom. The highest BCUT2D eigenvalue weighted by Gasteiger charge is 2.27. The fraction of sp³-hybridized carbons (Fsp3) is 0.733. The molecule has 1 aromatic heterocycles. The summed E-state index contributed by atoms with van der Waals surface area (Å²) < 4.78 is 28.3. The van der Waals surface area contributed by atoms with Crippen molar-refractivity contribution in [2.24, 2.45) is 5.92 Å². The second-order valence-electron chi connectivity index (χ2n) is 6.35. The quantitative estimate of drug-likeness (QED) is 0.833. The second kappa shape index (κ2) is 7.26. The molecule has 0 fully saturated rings. The van der Waals surface area contributed by atoms with Crippen molar-refractivity contribution in [3.05, 3.63) is 17.5 Å². The van der Waals surface area contributed by atoms with E-state index in [0.29, 0.717) is 24.2 Å². The minimum Gasteiger partial charge on any atom is -0.272 e. The number of sulfonamides is 1. The molecule has 0 bridgehead atoms. The predicted octanol–water partition coefficient (Wildman–Crippen LogP) is 2.52. The van der Waals surface area contributed by atoms with Crippen LogP contribution in [0.4, 0.5) is 0 Å². The van der Waals surface area contributed by atoms with Gasteiger partial charge in [0.05, 0.1) is 16.5 Å². The molecule has 1 aromatic rings. The first-order valence-corrected chi connectivity index (χ1v) is 9.26. The number of carbonyl (C=O) groups is 1. The highest BCUT2D eigenvalue weighted by atomic mass is 32.2. The number of hydrogen-bond acceptors (Lipinski definition) is 4. The zero-order valence-corrected chi connectivity index (χ0v) is 15.1. The maximum absolute atomic E-state index is 12.4. The molecular formula is C15H27N3O3S. The summed E-state index contributed by atoms with van der Waals surface area (Å²) in [4.78, 5) is 12.4. The van der Waals surface area contributed by atoms with Crippen molar-refractivity contribution >= 4 is 15.9 Å². The fourth-order valence-electron chi connectivity index (χ4n) is 2.28. The molecule has 22 heavy (non-hydrogen) atoms. The van der Waals surface area contributed by atoms with Crippen LogP contribution in [0.25, 0.3) is 0 Å². The Morgan fingerprint density at radius 1 is 1.27 bits per heavy atom. The number of carbonyl (C=O) groups excluding carboxylic acids is 1. The number of nitrogens with one attached hydrogen (secondary N) is 1. The summed E-state index contributed by atoms with van der Waals surface area (Å²) in [7, 11) is -3.68. The maximum Gasteiger partial charge on any atom is 0.268 e. The molecule has 7 heteroatoms. The molecule has 1 N–H and O–H groups in total. The fourth-order valence-corrected chi connectivity index (χ4v) is 3.48. The van der Waals surface area contributed by atoms with Crippen LogP contribution in [0.15, 0.2) is 6.20 Å². The topological polar surface area (TPSA) is 81.1 Å². The van der Waals surface area contributed by atoms with E-state index in [1.807, 2.05) is 34.6 Å². The lowest BCUT2D eigenvalue weighted by Crippen LogP contribution is -2.38. The first kappa shape index (κ1) is 18.7. The van der Waals surface area contributed by atoms with Crippen molar-refractivity contribution in [2.45, 2.75) is 65.7 Å². The van der Waals surface area contributed by atoms with Crippen LogP contribution in [0.5, 0.6) is 0 Å². The summed E-state index contributed by atoms with van der Waals surface area (Å²) >= 11 is 0. The van der Waals surface area contributed by atoms with Crippen molar-refractivity contribution in [1.29, 1.82) is 0 Å². The van der Waals surface area contributed by atoms with E-state index in [2.05, 4.69) is 9.82 Å². The average molecular weight is 329 g/mol. The van der Waals surface area contributed by atoms with E-state index in [-0.39, 0.29) is 11.8 Å². The van der Waals surface area contributed by atoms with Crippen LogP contribution in [0.1, 0.15) is 69.9 Å². The number of hydrogen-bond donors (Lipinski definition) is 1. The van der Waals surface area contributed by atoms with Gasteiger partial charge in [-0.15, -0.1) is 0 Å². The van der Waals surface area contributed by atoms with Crippen molar-refractivity contribution in [3.8, 4) is 0 Å². The number of amides is 1. The number of aromatic nitrogens is 2. The van der Waals surface area contributed by atoms with E-state index in [1.165, 1.54) is 0 Å². The van der Waals surface area contributed by atoms with Gasteiger partial charge in [-0.05, 0) is 32.1 Å². The first-order chi connectivity index (χ1) is 10.1. The minimum atomic E-state index is -3.68. The molecule has 126 valence electrons. The second-order valence-corrected chi connectivity index (χ2v) is 8.45. The van der Waals surface area contributed by atoms with Gasteiger partial charge >= 0.3 is 0 Å². The summed E-state index contributed by atoms with van der Waals surface area (Å²) in [6.07, 6.45) is 2.11. The number of nitrogens with zero attached hydrogens (tertiary/aromatic N) is 2. The molecule has 1 heterocycles. The molecule has 0 aliphatic rings. The first-order valence-electron chi connectivity index (χ1n) is 7.71. The molecule has 0 aliphatic carbocycles. The highest BCUT2D eigenvalue weighted by Crippen LogP contribution is 2.19. The third-order valence-electron chi connectivity index (χ3n) is 3.47. The monoisotopic (exact) mass is 329 g/mol. The molecule has 1 amide bonds. The molecule has 0 unspecified atom stereocenters. The van der Waals surface area contributed by atoms with Crippen molar-refractivity contribution in [3.63, 3.8) is 0 Å². The Hall–Kier alpha value is -1.37. The third-order valence-corrected chi connectivity index (χ3v) is 5.20. The normalized spacial score (nSPS) is 13.6. The van der Waals surface area contributed by atoms with Gasteiger partial charge in [-0.2, -0.15) is 5.10 Å². The molecule has 0 radical (unpaired) electrons. The highest BCUT2D eigenvalue weighted by molar-refractivity contribution is 7.90. The summed E-state index contributed by atoms with van der Waals surface area (Å²) in [5.74, 6) is -0.306. The summed E-state index contributed by atoms with van der Waals surface area (Å²) in [5, 5.41) is 3.72. The summed E-state index contributed by atoms with van der Waals surface area (Å²) in [5.41, 5.74) is 0.947. The molecular weight excluding hydrogens is 302 g/mol. The van der Waals surface area contributed by atoms with Gasteiger partial charge < -0.3 is 0 Å². The smallest absolute Gasteiger partial charge is 0.268 e. The van der Waals surface area contributed by atoms with Crippen molar-refractivity contribution in [2.75, 3.05) is 0 Å². The van der Waals surface area contributed by atoms with Crippen molar-refractivity contribution in [1.82, 2.24) is 14.5 Å². The Morgan fingerprint density at radius 2 is 1.86 bits per heavy atom. The van der Waals surface area contributed by atoms with Crippen LogP contribution in [-0.2, 0) is 16.6 Å². The van der Waals surface area contributed by atoms with E-state index in [1.54, 1.807) is 17.8 Å². The van der Waals surface area contributed by atoms with Gasteiger partial charge in [0.1, 0.15) is 0 Å². The van der Waals surface area contributed by atoms with Gasteiger partial charge in [-0.1, -0.05) is 27.7 Å². The van der Waals surface area contributed by atoms with Gasteiger partial charge in [0.15, 0.2) is 0 Å². The molecule has 1 atom stereocenters. The van der Waals surface area contributed by atoms with E-state index >= 15 is 0 Å². The lowest BCUT2D eigenvalue weighted by Gasteiger charge is -2.15. The molecule has 0 aromatic carbocycles. The van der Waals surface area contributed by atoms with E-state index in [9.17, 15) is 13.2 Å². The largest absolute Gasteiger partial charge is 0.272 e. The molecule has 6 nitrogen and oxygen atoms in total. The molecule has 0 aliphatic heterocycles. The van der Waals surface area contributed by atoms with Crippen LogP contribution in [0.3, 0.4) is 0 Å². The molecule has 0 saturated heterocycles. The standard InChI is InChI=1S/C15H27N3O3S/c1-7-18-9-13(14(16-18)11(4)5)15(19)17-22(20,21)12(6)8-10(2)3/h9-12H,7-8H2,1-6H3,(H,17,19)/t12-/m1/s1. The van der Waals surface area contributed by atoms with Crippen LogP contribution in [-0.4, -0.2) is 29.4 Å². The van der Waals surface area contributed by atoms with Gasteiger partial charge in [0.2, 0.25) is 10.0 Å². The number of aryl methyl sites for hydroxylation is 1. The Kier molecular flexibility index (Phi) is 6.17. The lowest BCUT2D eigenvalue weighted by atomic mass is 10.1. The van der Waals surface area contributed by atoms with Gasteiger partial charge in [-0.25, -0.2) is 13.1 Å².